The van der Waals surface area contributed by atoms with Crippen molar-refractivity contribution < 1.29 is 0 Å². The van der Waals surface area contributed by atoms with E-state index in [1.54, 1.807) is 17.8 Å². The third-order valence-electron chi connectivity index (χ3n) is 2.29. The van der Waals surface area contributed by atoms with E-state index < -0.39 is 0 Å². The highest BCUT2D eigenvalue weighted by Gasteiger charge is 2.02. The van der Waals surface area contributed by atoms with E-state index in [9.17, 15) is 0 Å². The molecule has 0 unspecified atom stereocenters. The standard InChI is InChI=1S/C13H11BrClNS/c14-10-2-5-12(6-3-10)17-8-9-1-4-11(16)7-13(9)15/h1-7H,8,16H2. The number of halogens is 2. The fourth-order valence-electron chi connectivity index (χ4n) is 1.37. The summed E-state index contributed by atoms with van der Waals surface area (Å²) in [6, 6.07) is 13.9. The van der Waals surface area contributed by atoms with Gasteiger partial charge in [0.2, 0.25) is 0 Å². The van der Waals surface area contributed by atoms with Crippen LogP contribution in [0.5, 0.6) is 0 Å². The minimum atomic E-state index is 0.701. The Bertz CT molecular complexity index is 513. The van der Waals surface area contributed by atoms with Crippen molar-refractivity contribution in [3.8, 4) is 0 Å². The summed E-state index contributed by atoms with van der Waals surface area (Å²) < 4.78 is 1.09. The van der Waals surface area contributed by atoms with Crippen LogP contribution in [0.3, 0.4) is 0 Å². The molecule has 2 aromatic rings. The lowest BCUT2D eigenvalue weighted by molar-refractivity contribution is 1.38. The average molecular weight is 329 g/mol. The molecule has 0 aliphatic carbocycles. The second-order valence-electron chi connectivity index (χ2n) is 3.59. The lowest BCUT2D eigenvalue weighted by Crippen LogP contribution is -1.87. The second kappa shape index (κ2) is 5.80. The summed E-state index contributed by atoms with van der Waals surface area (Å²) in [5.41, 5.74) is 7.46. The highest BCUT2D eigenvalue weighted by molar-refractivity contribution is 9.10. The van der Waals surface area contributed by atoms with E-state index >= 15 is 0 Å². The zero-order chi connectivity index (χ0) is 12.3. The van der Waals surface area contributed by atoms with Crippen LogP contribution >= 0.6 is 39.3 Å². The zero-order valence-electron chi connectivity index (χ0n) is 8.99. The topological polar surface area (TPSA) is 26.0 Å². The van der Waals surface area contributed by atoms with Crippen LogP contribution in [0, 0.1) is 0 Å². The molecule has 0 atom stereocenters. The Morgan fingerprint density at radius 2 is 1.82 bits per heavy atom. The maximum absolute atomic E-state index is 6.12. The van der Waals surface area contributed by atoms with Crippen LogP contribution in [0.2, 0.25) is 5.02 Å². The van der Waals surface area contributed by atoms with Crippen molar-refractivity contribution in [2.24, 2.45) is 0 Å². The van der Waals surface area contributed by atoms with Gasteiger partial charge in [-0.3, -0.25) is 0 Å². The van der Waals surface area contributed by atoms with Gasteiger partial charge in [-0.2, -0.15) is 0 Å². The highest BCUT2D eigenvalue weighted by atomic mass is 79.9. The van der Waals surface area contributed by atoms with Crippen molar-refractivity contribution in [3.05, 3.63) is 57.5 Å². The Balaban J connectivity index is 2.04. The molecule has 0 aromatic heterocycles. The van der Waals surface area contributed by atoms with Crippen molar-refractivity contribution in [2.75, 3.05) is 5.73 Å². The molecule has 0 fully saturated rings. The Kier molecular flexibility index (Phi) is 4.37. The molecule has 0 saturated heterocycles. The molecular weight excluding hydrogens is 318 g/mol. The maximum atomic E-state index is 6.12. The summed E-state index contributed by atoms with van der Waals surface area (Å²) in [5.74, 6) is 0.848. The van der Waals surface area contributed by atoms with E-state index in [0.717, 1.165) is 20.8 Å². The molecule has 88 valence electrons. The maximum Gasteiger partial charge on any atom is 0.0466 e. The van der Waals surface area contributed by atoms with Crippen LogP contribution in [0.4, 0.5) is 5.69 Å². The van der Waals surface area contributed by atoms with E-state index in [4.69, 9.17) is 17.3 Å². The van der Waals surface area contributed by atoms with Crippen molar-refractivity contribution in [1.82, 2.24) is 0 Å². The Labute approximate surface area is 118 Å². The minimum Gasteiger partial charge on any atom is -0.399 e. The molecule has 2 aromatic carbocycles. The first-order valence-electron chi connectivity index (χ1n) is 5.07. The predicted molar refractivity (Wildman–Crippen MR) is 79.6 cm³/mol. The molecule has 0 heterocycles. The first kappa shape index (κ1) is 12.8. The molecule has 4 heteroatoms. The summed E-state index contributed by atoms with van der Waals surface area (Å²) in [6.07, 6.45) is 0. The third kappa shape index (κ3) is 3.66. The largest absolute Gasteiger partial charge is 0.399 e. The number of thioether (sulfide) groups is 1. The van der Waals surface area contributed by atoms with Crippen LogP contribution in [-0.2, 0) is 5.75 Å². The number of nitrogens with two attached hydrogens (primary N) is 1. The van der Waals surface area contributed by atoms with Gasteiger partial charge in [-0.15, -0.1) is 11.8 Å². The van der Waals surface area contributed by atoms with Gasteiger partial charge in [0.25, 0.3) is 0 Å². The van der Waals surface area contributed by atoms with Gasteiger partial charge in [-0.1, -0.05) is 33.6 Å². The molecule has 1 nitrogen and oxygen atoms in total. The second-order valence-corrected chi connectivity index (χ2v) is 5.97. The molecule has 2 N–H and O–H groups in total. The molecule has 0 saturated carbocycles. The van der Waals surface area contributed by atoms with Crippen LogP contribution in [0.25, 0.3) is 0 Å². The van der Waals surface area contributed by atoms with Crippen molar-refractivity contribution >= 4 is 45.0 Å². The molecule has 0 amide bonds. The van der Waals surface area contributed by atoms with Gasteiger partial charge in [-0.25, -0.2) is 0 Å². The van der Waals surface area contributed by atoms with Gasteiger partial charge in [0.1, 0.15) is 0 Å². The summed E-state index contributed by atoms with van der Waals surface area (Å²) in [6.45, 7) is 0. The summed E-state index contributed by atoms with van der Waals surface area (Å²) in [5, 5.41) is 0.731. The Morgan fingerprint density at radius 1 is 1.12 bits per heavy atom. The van der Waals surface area contributed by atoms with Crippen molar-refractivity contribution in [2.45, 2.75) is 10.6 Å². The summed E-state index contributed by atoms with van der Waals surface area (Å²) in [7, 11) is 0. The number of anilines is 1. The lowest BCUT2D eigenvalue weighted by atomic mass is 10.2. The minimum absolute atomic E-state index is 0.701. The first-order valence-corrected chi connectivity index (χ1v) is 7.23. The fourth-order valence-corrected chi connectivity index (χ4v) is 2.87. The monoisotopic (exact) mass is 327 g/mol. The lowest BCUT2D eigenvalue weighted by Gasteiger charge is -2.05. The van der Waals surface area contributed by atoms with E-state index in [-0.39, 0.29) is 0 Å². The average Bonchev–Trinajstić information content (AvgIpc) is 2.30. The van der Waals surface area contributed by atoms with Gasteiger partial charge < -0.3 is 5.73 Å². The highest BCUT2D eigenvalue weighted by Crippen LogP contribution is 2.28. The molecule has 0 aliphatic rings. The predicted octanol–water partition coefficient (Wildman–Crippen LogP) is 4.98. The zero-order valence-corrected chi connectivity index (χ0v) is 12.1. The number of hydrogen-bond acceptors (Lipinski definition) is 2. The number of nitrogen functional groups attached to an aromatic ring is 1. The number of hydrogen-bond donors (Lipinski definition) is 1. The van der Waals surface area contributed by atoms with E-state index in [1.165, 1.54) is 4.90 Å². The van der Waals surface area contributed by atoms with Gasteiger partial charge in [0, 0.05) is 25.8 Å². The van der Waals surface area contributed by atoms with Crippen molar-refractivity contribution in [3.63, 3.8) is 0 Å². The molecule has 0 bridgehead atoms. The van der Waals surface area contributed by atoms with Crippen molar-refractivity contribution in [1.29, 1.82) is 0 Å². The summed E-state index contributed by atoms with van der Waals surface area (Å²) >= 11 is 11.3. The SMILES string of the molecule is Nc1ccc(CSc2ccc(Br)cc2)c(Cl)c1. The van der Waals surface area contributed by atoms with Gasteiger partial charge >= 0.3 is 0 Å². The fraction of sp³-hybridized carbons (Fsp3) is 0.0769. The molecule has 17 heavy (non-hydrogen) atoms. The van der Waals surface area contributed by atoms with E-state index in [0.29, 0.717) is 5.69 Å². The van der Waals surface area contributed by atoms with Gasteiger partial charge in [-0.05, 0) is 42.0 Å². The molecule has 0 aliphatic heterocycles. The number of benzene rings is 2. The van der Waals surface area contributed by atoms with Gasteiger partial charge in [0.15, 0.2) is 0 Å². The Morgan fingerprint density at radius 3 is 2.47 bits per heavy atom. The van der Waals surface area contributed by atoms with E-state index in [2.05, 4.69) is 28.1 Å². The van der Waals surface area contributed by atoms with E-state index in [1.807, 2.05) is 24.3 Å². The first-order chi connectivity index (χ1) is 8.15. The van der Waals surface area contributed by atoms with Crippen LogP contribution in [0.15, 0.2) is 51.8 Å². The molecule has 0 radical (unpaired) electrons. The normalized spacial score (nSPS) is 10.5. The van der Waals surface area contributed by atoms with Crippen LogP contribution in [-0.4, -0.2) is 0 Å². The molecule has 0 spiro atoms. The summed E-state index contributed by atoms with van der Waals surface area (Å²) in [4.78, 5) is 1.22. The van der Waals surface area contributed by atoms with Crippen LogP contribution in [0.1, 0.15) is 5.56 Å². The Hall–Kier alpha value is -0.640. The number of rotatable bonds is 3. The smallest absolute Gasteiger partial charge is 0.0466 e. The van der Waals surface area contributed by atoms with Gasteiger partial charge in [0.05, 0.1) is 0 Å². The van der Waals surface area contributed by atoms with Crippen LogP contribution < -0.4 is 5.73 Å². The quantitative estimate of drug-likeness (QED) is 0.635. The molecule has 2 rings (SSSR count). The third-order valence-corrected chi connectivity index (χ3v) is 4.23. The molecular formula is C13H11BrClNS.